The highest BCUT2D eigenvalue weighted by Gasteiger charge is 2.36. The minimum absolute atomic E-state index is 0.0490. The number of halogens is 3. The number of hydrogen-bond acceptors (Lipinski definition) is 8. The topological polar surface area (TPSA) is 125 Å². The Morgan fingerprint density at radius 1 is 0.800 bits per heavy atom. The van der Waals surface area contributed by atoms with Crippen LogP contribution >= 0.6 is 0 Å². The van der Waals surface area contributed by atoms with Crippen LogP contribution in [0, 0.1) is 0 Å². The summed E-state index contributed by atoms with van der Waals surface area (Å²) < 4.78 is 67.4. The molecular weight excluding hydrogens is 535 g/mol. The molecule has 0 unspecified atom stereocenters. The number of nitrogens with zero attached hydrogens (tertiary/aromatic N) is 2. The number of ether oxygens (including phenoxy) is 5. The zero-order valence-corrected chi connectivity index (χ0v) is 21.4. The predicted octanol–water partition coefficient (Wildman–Crippen LogP) is 4.33. The molecule has 0 spiro atoms. The molecular formula is C27H28F3N3O7. The molecule has 13 heteroatoms. The van der Waals surface area contributed by atoms with Gasteiger partial charge >= 0.3 is 12.1 Å². The third kappa shape index (κ3) is 8.11. The van der Waals surface area contributed by atoms with Crippen molar-refractivity contribution in [1.29, 1.82) is 0 Å². The molecule has 0 saturated carbocycles. The van der Waals surface area contributed by atoms with Crippen molar-refractivity contribution in [1.82, 2.24) is 15.0 Å². The van der Waals surface area contributed by atoms with E-state index in [9.17, 15) is 18.0 Å². The minimum Gasteiger partial charge on any atom is -0.480 e. The van der Waals surface area contributed by atoms with Crippen molar-refractivity contribution >= 4 is 27.8 Å². The third-order valence-electron chi connectivity index (χ3n) is 5.70. The maximum atomic E-state index is 13.8. The van der Waals surface area contributed by atoms with Gasteiger partial charge in [-0.1, -0.05) is 12.1 Å². The summed E-state index contributed by atoms with van der Waals surface area (Å²) in [6, 6.07) is 8.24. The number of carboxylic acids is 1. The quantitative estimate of drug-likeness (QED) is 0.192. The summed E-state index contributed by atoms with van der Waals surface area (Å²) in [5.74, 6) is -1.56. The molecule has 214 valence electrons. The van der Waals surface area contributed by atoms with Crippen LogP contribution in [-0.2, 0) is 29.9 Å². The average molecular weight is 564 g/mol. The number of fused-ring (bicyclic) bond motifs is 3. The van der Waals surface area contributed by atoms with Crippen LogP contribution in [0.1, 0.15) is 5.56 Å². The van der Waals surface area contributed by atoms with Crippen molar-refractivity contribution in [2.75, 3.05) is 59.5 Å². The maximum Gasteiger partial charge on any atom is 0.421 e. The summed E-state index contributed by atoms with van der Waals surface area (Å²) in [5.41, 5.74) is 1.59. The van der Waals surface area contributed by atoms with Gasteiger partial charge in [-0.15, -0.1) is 0 Å². The summed E-state index contributed by atoms with van der Waals surface area (Å²) >= 11 is 0. The number of rotatable bonds is 16. The van der Waals surface area contributed by atoms with E-state index in [-0.39, 0.29) is 46.2 Å². The second-order valence-electron chi connectivity index (χ2n) is 8.51. The van der Waals surface area contributed by atoms with Crippen molar-refractivity contribution in [2.24, 2.45) is 0 Å². The van der Waals surface area contributed by atoms with Crippen molar-refractivity contribution in [2.45, 2.75) is 6.18 Å². The maximum absolute atomic E-state index is 13.8. The molecule has 2 N–H and O–H groups in total. The molecule has 10 nitrogen and oxygen atoms in total. The van der Waals surface area contributed by atoms with Gasteiger partial charge in [0.05, 0.1) is 46.2 Å². The zero-order chi connectivity index (χ0) is 28.4. The highest BCUT2D eigenvalue weighted by Crippen LogP contribution is 2.38. The smallest absolute Gasteiger partial charge is 0.421 e. The fourth-order valence-corrected chi connectivity index (χ4v) is 3.87. The van der Waals surface area contributed by atoms with Gasteiger partial charge in [0.2, 0.25) is 5.88 Å². The van der Waals surface area contributed by atoms with Crippen molar-refractivity contribution < 1.29 is 46.8 Å². The lowest BCUT2D eigenvalue weighted by atomic mass is 10.0. The molecule has 0 aliphatic heterocycles. The first kappa shape index (κ1) is 29.2. The first-order chi connectivity index (χ1) is 19.3. The highest BCUT2D eigenvalue weighted by molar-refractivity contribution is 6.07. The van der Waals surface area contributed by atoms with Crippen LogP contribution in [0.3, 0.4) is 0 Å². The first-order valence-corrected chi connectivity index (χ1v) is 12.4. The predicted molar refractivity (Wildman–Crippen MR) is 138 cm³/mol. The Bertz CT molecular complexity index is 1410. The number of nitrogens with one attached hydrogen (secondary N) is 1. The Hall–Kier alpha value is -3.78. The van der Waals surface area contributed by atoms with Crippen LogP contribution in [0.25, 0.3) is 32.9 Å². The number of aliphatic carboxylic acids is 1. The Morgan fingerprint density at radius 3 is 2.15 bits per heavy atom. The molecule has 1 aromatic carbocycles. The van der Waals surface area contributed by atoms with Crippen LogP contribution in [0.4, 0.5) is 13.2 Å². The number of H-pyrrole nitrogens is 1. The van der Waals surface area contributed by atoms with Crippen LogP contribution in [0.15, 0.2) is 48.9 Å². The zero-order valence-electron chi connectivity index (χ0n) is 21.4. The number of pyridine rings is 2. The van der Waals surface area contributed by atoms with Crippen molar-refractivity contribution in [3.05, 3.63) is 54.5 Å². The molecule has 3 heterocycles. The van der Waals surface area contributed by atoms with Gasteiger partial charge in [-0.2, -0.15) is 13.2 Å². The summed E-state index contributed by atoms with van der Waals surface area (Å²) in [7, 11) is 0. The standard InChI is InChI=1S/C27H28F3N3O7/c28-27(29,30)22-13-19(18-1-2-20-21-16-31-4-3-23(21)33-24(20)14-18)15-32-26(22)40-12-11-38-8-7-36-5-6-37-9-10-39-17-25(34)35/h1-4,13-16,33H,5-12,17H2,(H,34,35). The van der Waals surface area contributed by atoms with E-state index in [2.05, 4.69) is 15.0 Å². The Kier molecular flexibility index (Phi) is 10.2. The molecule has 0 amide bonds. The van der Waals surface area contributed by atoms with E-state index in [1.165, 1.54) is 6.20 Å². The van der Waals surface area contributed by atoms with Gasteiger partial charge in [0, 0.05) is 46.0 Å². The normalized spacial score (nSPS) is 11.9. The van der Waals surface area contributed by atoms with Crippen LogP contribution in [0.5, 0.6) is 5.88 Å². The second kappa shape index (κ2) is 14.0. The number of alkyl halides is 3. The first-order valence-electron chi connectivity index (χ1n) is 12.4. The van der Waals surface area contributed by atoms with E-state index in [0.717, 1.165) is 27.9 Å². The number of aromatic nitrogens is 3. The third-order valence-corrected chi connectivity index (χ3v) is 5.70. The number of carbonyl (C=O) groups is 1. The average Bonchev–Trinajstić information content (AvgIpc) is 3.30. The van der Waals surface area contributed by atoms with E-state index in [4.69, 9.17) is 28.8 Å². The van der Waals surface area contributed by atoms with Crippen LogP contribution < -0.4 is 4.74 Å². The lowest BCUT2D eigenvalue weighted by molar-refractivity contribution is -0.143. The fourth-order valence-electron chi connectivity index (χ4n) is 3.87. The van der Waals surface area contributed by atoms with Crippen molar-refractivity contribution in [3.8, 4) is 17.0 Å². The van der Waals surface area contributed by atoms with E-state index in [0.29, 0.717) is 24.3 Å². The van der Waals surface area contributed by atoms with Crippen LogP contribution in [-0.4, -0.2) is 85.5 Å². The Labute approximate surface area is 227 Å². The fraction of sp³-hybridized carbons (Fsp3) is 0.370. The molecule has 4 rings (SSSR count). The number of carboxylic acid groups (broad SMARTS) is 1. The van der Waals surface area contributed by atoms with Gasteiger partial charge in [-0.05, 0) is 23.8 Å². The molecule has 3 aromatic heterocycles. The molecule has 0 atom stereocenters. The molecule has 40 heavy (non-hydrogen) atoms. The van der Waals surface area contributed by atoms with Gasteiger partial charge < -0.3 is 33.8 Å². The van der Waals surface area contributed by atoms with Gasteiger partial charge in [0.15, 0.2) is 0 Å². The van der Waals surface area contributed by atoms with E-state index < -0.39 is 23.6 Å². The molecule has 4 aromatic rings. The SMILES string of the molecule is O=C(O)COCCOCCOCCOCCOc1ncc(-c2ccc3c(c2)[nH]c2ccncc23)cc1C(F)(F)F. The molecule has 0 radical (unpaired) electrons. The second-order valence-corrected chi connectivity index (χ2v) is 8.51. The van der Waals surface area contributed by atoms with E-state index >= 15 is 0 Å². The van der Waals surface area contributed by atoms with Gasteiger partial charge in [0.1, 0.15) is 18.8 Å². The summed E-state index contributed by atoms with van der Waals surface area (Å²) in [6.45, 7) is 1.05. The summed E-state index contributed by atoms with van der Waals surface area (Å²) in [4.78, 5) is 21.6. The van der Waals surface area contributed by atoms with Gasteiger partial charge in [-0.3, -0.25) is 4.98 Å². The van der Waals surface area contributed by atoms with Crippen molar-refractivity contribution in [3.63, 3.8) is 0 Å². The number of aromatic amines is 1. The monoisotopic (exact) mass is 563 g/mol. The lowest BCUT2D eigenvalue weighted by Crippen LogP contribution is -2.16. The summed E-state index contributed by atoms with van der Waals surface area (Å²) in [5, 5.41) is 10.3. The molecule has 0 aliphatic carbocycles. The number of hydrogen-bond donors (Lipinski definition) is 2. The van der Waals surface area contributed by atoms with Crippen LogP contribution in [0.2, 0.25) is 0 Å². The largest absolute Gasteiger partial charge is 0.480 e. The highest BCUT2D eigenvalue weighted by atomic mass is 19.4. The van der Waals surface area contributed by atoms with E-state index in [1.807, 2.05) is 12.1 Å². The minimum atomic E-state index is -4.66. The number of benzene rings is 1. The Balaban J connectivity index is 1.22. The Morgan fingerprint density at radius 2 is 1.48 bits per heavy atom. The molecule has 0 bridgehead atoms. The molecule has 0 aliphatic rings. The molecule has 0 saturated heterocycles. The van der Waals surface area contributed by atoms with Gasteiger partial charge in [0.25, 0.3) is 0 Å². The lowest BCUT2D eigenvalue weighted by Gasteiger charge is -2.14. The summed E-state index contributed by atoms with van der Waals surface area (Å²) in [6.07, 6.45) is 0.100. The molecule has 0 fully saturated rings. The van der Waals surface area contributed by atoms with E-state index in [1.54, 1.807) is 24.5 Å². The van der Waals surface area contributed by atoms with Gasteiger partial charge in [-0.25, -0.2) is 9.78 Å².